The van der Waals surface area contributed by atoms with E-state index >= 15 is 0 Å². The SMILES string of the molecule is CC(C)S(=O)(=O)c1ccc(-c2cnc(N)c(-c3nnc(NC(=O)C(C)(C)N)o3)n2)cc1. The van der Waals surface area contributed by atoms with Crippen molar-refractivity contribution >= 4 is 27.6 Å². The Morgan fingerprint density at radius 1 is 1.16 bits per heavy atom. The lowest BCUT2D eigenvalue weighted by molar-refractivity contribution is -0.120. The van der Waals surface area contributed by atoms with E-state index in [1.54, 1.807) is 26.0 Å². The highest BCUT2D eigenvalue weighted by molar-refractivity contribution is 7.92. The maximum Gasteiger partial charge on any atom is 0.322 e. The molecule has 0 unspecified atom stereocenters. The highest BCUT2D eigenvalue weighted by Crippen LogP contribution is 2.27. The molecule has 3 rings (SSSR count). The zero-order chi connectivity index (χ0) is 23.0. The summed E-state index contributed by atoms with van der Waals surface area (Å²) in [6, 6.07) is 6.12. The van der Waals surface area contributed by atoms with E-state index in [1.165, 1.54) is 32.2 Å². The van der Waals surface area contributed by atoms with Crippen LogP contribution in [-0.4, -0.2) is 45.3 Å². The van der Waals surface area contributed by atoms with Crippen molar-refractivity contribution in [3.05, 3.63) is 30.5 Å². The number of sulfone groups is 1. The molecule has 31 heavy (non-hydrogen) atoms. The number of nitrogen functional groups attached to an aromatic ring is 1. The zero-order valence-corrected chi connectivity index (χ0v) is 18.3. The fourth-order valence-electron chi connectivity index (χ4n) is 2.41. The molecule has 0 bridgehead atoms. The molecule has 1 aromatic carbocycles. The second-order valence-corrected chi connectivity index (χ2v) is 10.2. The van der Waals surface area contributed by atoms with Gasteiger partial charge in [0, 0.05) is 5.56 Å². The molecule has 0 saturated heterocycles. The van der Waals surface area contributed by atoms with E-state index in [-0.39, 0.29) is 28.3 Å². The average molecular weight is 446 g/mol. The summed E-state index contributed by atoms with van der Waals surface area (Å²) < 4.78 is 30.0. The van der Waals surface area contributed by atoms with Crippen molar-refractivity contribution in [1.82, 2.24) is 20.2 Å². The van der Waals surface area contributed by atoms with E-state index < -0.39 is 26.5 Å². The molecule has 2 heterocycles. The molecule has 12 heteroatoms. The summed E-state index contributed by atoms with van der Waals surface area (Å²) in [5.74, 6) is -0.508. The van der Waals surface area contributed by atoms with Crippen LogP contribution in [0.25, 0.3) is 22.8 Å². The van der Waals surface area contributed by atoms with E-state index in [0.717, 1.165) is 0 Å². The Morgan fingerprint density at radius 2 is 1.81 bits per heavy atom. The third-order valence-electron chi connectivity index (χ3n) is 4.33. The Kier molecular flexibility index (Phi) is 5.79. The summed E-state index contributed by atoms with van der Waals surface area (Å²) in [5, 5.41) is 9.49. The maximum atomic E-state index is 12.3. The first kappa shape index (κ1) is 22.3. The Balaban J connectivity index is 1.91. The Labute approximate surface area is 179 Å². The van der Waals surface area contributed by atoms with E-state index in [9.17, 15) is 13.2 Å². The minimum Gasteiger partial charge on any atom is -0.401 e. The predicted molar refractivity (Wildman–Crippen MR) is 114 cm³/mol. The normalized spacial score (nSPS) is 12.2. The van der Waals surface area contributed by atoms with Crippen LogP contribution < -0.4 is 16.8 Å². The third kappa shape index (κ3) is 4.70. The van der Waals surface area contributed by atoms with Gasteiger partial charge in [-0.1, -0.05) is 17.2 Å². The van der Waals surface area contributed by atoms with E-state index in [2.05, 4.69) is 25.5 Å². The maximum absolute atomic E-state index is 12.3. The van der Waals surface area contributed by atoms with Crippen LogP contribution in [0.4, 0.5) is 11.8 Å². The summed E-state index contributed by atoms with van der Waals surface area (Å²) in [7, 11) is -3.38. The summed E-state index contributed by atoms with van der Waals surface area (Å²) in [6.45, 7) is 6.31. The van der Waals surface area contributed by atoms with Gasteiger partial charge >= 0.3 is 6.01 Å². The highest BCUT2D eigenvalue weighted by atomic mass is 32.2. The van der Waals surface area contributed by atoms with Crippen LogP contribution in [0.1, 0.15) is 27.7 Å². The molecule has 0 atom stereocenters. The van der Waals surface area contributed by atoms with Gasteiger partial charge in [0.15, 0.2) is 21.3 Å². The van der Waals surface area contributed by atoms with Crippen molar-refractivity contribution < 1.29 is 17.6 Å². The number of hydrogen-bond donors (Lipinski definition) is 3. The quantitative estimate of drug-likeness (QED) is 0.504. The third-order valence-corrected chi connectivity index (χ3v) is 6.50. The number of nitrogens with two attached hydrogens (primary N) is 2. The monoisotopic (exact) mass is 445 g/mol. The first-order valence-electron chi connectivity index (χ1n) is 9.30. The molecular weight excluding hydrogens is 422 g/mol. The van der Waals surface area contributed by atoms with Gasteiger partial charge < -0.3 is 15.9 Å². The van der Waals surface area contributed by atoms with Crippen molar-refractivity contribution in [3.8, 4) is 22.8 Å². The van der Waals surface area contributed by atoms with Gasteiger partial charge in [-0.15, -0.1) is 5.10 Å². The summed E-state index contributed by atoms with van der Waals surface area (Å²) >= 11 is 0. The number of amides is 1. The van der Waals surface area contributed by atoms with E-state index in [0.29, 0.717) is 11.3 Å². The zero-order valence-electron chi connectivity index (χ0n) is 17.4. The molecule has 164 valence electrons. The minimum absolute atomic E-state index is 0.0448. The molecule has 0 radical (unpaired) electrons. The van der Waals surface area contributed by atoms with E-state index in [1.807, 2.05) is 0 Å². The Bertz CT molecular complexity index is 1210. The largest absolute Gasteiger partial charge is 0.401 e. The van der Waals surface area contributed by atoms with Crippen LogP contribution in [0.3, 0.4) is 0 Å². The van der Waals surface area contributed by atoms with Crippen molar-refractivity contribution in [2.24, 2.45) is 5.73 Å². The van der Waals surface area contributed by atoms with Crippen LogP contribution in [0.5, 0.6) is 0 Å². The van der Waals surface area contributed by atoms with Gasteiger partial charge in [0.2, 0.25) is 5.91 Å². The number of benzene rings is 1. The number of nitrogens with one attached hydrogen (secondary N) is 1. The molecule has 3 aromatic rings. The lowest BCUT2D eigenvalue weighted by Crippen LogP contribution is -2.45. The second-order valence-electron chi connectivity index (χ2n) is 7.70. The molecule has 0 aliphatic rings. The number of nitrogens with zero attached hydrogens (tertiary/aromatic N) is 4. The van der Waals surface area contributed by atoms with Gasteiger partial charge in [-0.25, -0.2) is 18.4 Å². The van der Waals surface area contributed by atoms with Gasteiger partial charge in [-0.3, -0.25) is 10.1 Å². The molecule has 0 aliphatic heterocycles. The summed E-state index contributed by atoms with van der Waals surface area (Å²) in [6.07, 6.45) is 1.45. The van der Waals surface area contributed by atoms with Gasteiger partial charge in [-0.05, 0) is 39.8 Å². The van der Waals surface area contributed by atoms with Gasteiger partial charge in [0.25, 0.3) is 5.89 Å². The lowest BCUT2D eigenvalue weighted by Gasteiger charge is -2.15. The topological polar surface area (TPSA) is 180 Å². The highest BCUT2D eigenvalue weighted by Gasteiger charge is 2.25. The van der Waals surface area contributed by atoms with Crippen molar-refractivity contribution in [3.63, 3.8) is 0 Å². The summed E-state index contributed by atoms with van der Waals surface area (Å²) in [4.78, 5) is 20.7. The molecule has 0 saturated carbocycles. The molecular formula is C19H23N7O4S. The van der Waals surface area contributed by atoms with Crippen LogP contribution in [0.15, 0.2) is 39.8 Å². The van der Waals surface area contributed by atoms with E-state index in [4.69, 9.17) is 15.9 Å². The van der Waals surface area contributed by atoms with Gasteiger partial charge in [-0.2, -0.15) is 0 Å². The van der Waals surface area contributed by atoms with Gasteiger partial charge in [0.1, 0.15) is 0 Å². The number of hydrogen-bond acceptors (Lipinski definition) is 10. The number of anilines is 2. The number of carbonyl (C=O) groups excluding carboxylic acids is 1. The van der Waals surface area contributed by atoms with Crippen molar-refractivity contribution in [2.75, 3.05) is 11.1 Å². The van der Waals surface area contributed by atoms with Crippen LogP contribution in [0.2, 0.25) is 0 Å². The predicted octanol–water partition coefficient (Wildman–Crippen LogP) is 1.63. The molecule has 1 amide bonds. The van der Waals surface area contributed by atoms with Crippen LogP contribution in [0, 0.1) is 0 Å². The first-order chi connectivity index (χ1) is 14.4. The van der Waals surface area contributed by atoms with Crippen molar-refractivity contribution in [1.29, 1.82) is 0 Å². The standard InChI is InChI=1S/C19H23N7O4S/c1-10(2)31(28,29)12-7-5-11(6-8-12)13-9-22-15(20)14(23-13)16-25-26-18(30-16)24-17(27)19(3,4)21/h5-10H,21H2,1-4H3,(H2,20,22)(H,24,26,27). The van der Waals surface area contributed by atoms with Gasteiger partial charge in [0.05, 0.1) is 27.6 Å². The molecule has 0 spiro atoms. The Morgan fingerprint density at radius 3 is 2.39 bits per heavy atom. The van der Waals surface area contributed by atoms with Crippen LogP contribution >= 0.6 is 0 Å². The fraction of sp³-hybridized carbons (Fsp3) is 0.316. The molecule has 5 N–H and O–H groups in total. The second kappa shape index (κ2) is 8.04. The number of carbonyl (C=O) groups is 1. The molecule has 11 nitrogen and oxygen atoms in total. The fourth-order valence-corrected chi connectivity index (χ4v) is 3.47. The first-order valence-corrected chi connectivity index (χ1v) is 10.9. The molecule has 0 aliphatic carbocycles. The minimum atomic E-state index is -3.38. The Hall–Kier alpha value is -3.38. The lowest BCUT2D eigenvalue weighted by atomic mass is 10.1. The molecule has 0 fully saturated rings. The molecule has 2 aromatic heterocycles. The smallest absolute Gasteiger partial charge is 0.322 e. The van der Waals surface area contributed by atoms with Crippen LogP contribution in [-0.2, 0) is 14.6 Å². The van der Waals surface area contributed by atoms with Crippen molar-refractivity contribution in [2.45, 2.75) is 43.4 Å². The average Bonchev–Trinajstić information content (AvgIpc) is 3.16. The number of rotatable bonds is 6. The number of aromatic nitrogens is 4. The summed E-state index contributed by atoms with van der Waals surface area (Å²) in [5.41, 5.74) is 11.7.